The number of fused-ring (bicyclic) bond motifs is 1. The minimum absolute atomic E-state index is 0.333. The molecule has 0 saturated carbocycles. The molecular formula is C15H10BrFN2O2. The highest BCUT2D eigenvalue weighted by molar-refractivity contribution is 9.10. The summed E-state index contributed by atoms with van der Waals surface area (Å²) in [5, 5.41) is 0. The lowest BCUT2D eigenvalue weighted by atomic mass is 10.2. The molecule has 0 radical (unpaired) electrons. The van der Waals surface area contributed by atoms with Crippen molar-refractivity contribution in [3.63, 3.8) is 0 Å². The molecule has 0 aliphatic heterocycles. The van der Waals surface area contributed by atoms with Crippen LogP contribution in [0.1, 0.15) is 10.4 Å². The van der Waals surface area contributed by atoms with Gasteiger partial charge in [-0.05, 0) is 30.3 Å². The fraction of sp³-hybridized carbons (Fsp3) is 0.0667. The quantitative estimate of drug-likeness (QED) is 0.663. The third kappa shape index (κ3) is 2.54. The number of hydrogen-bond acceptors (Lipinski definition) is 3. The molecule has 0 saturated heterocycles. The lowest BCUT2D eigenvalue weighted by Crippen LogP contribution is -2.01. The van der Waals surface area contributed by atoms with Crippen LogP contribution in [0.5, 0.6) is 0 Å². The Morgan fingerprint density at radius 3 is 2.90 bits per heavy atom. The molecular weight excluding hydrogens is 339 g/mol. The Morgan fingerprint density at radius 2 is 2.14 bits per heavy atom. The van der Waals surface area contributed by atoms with Crippen LogP contribution in [0.4, 0.5) is 4.39 Å². The van der Waals surface area contributed by atoms with Crippen LogP contribution in [-0.2, 0) is 4.74 Å². The van der Waals surface area contributed by atoms with Crippen LogP contribution < -0.4 is 0 Å². The maximum absolute atomic E-state index is 13.4. The Labute approximate surface area is 128 Å². The molecule has 1 aromatic carbocycles. The van der Waals surface area contributed by atoms with Gasteiger partial charge in [0.05, 0.1) is 18.4 Å². The molecule has 6 heteroatoms. The van der Waals surface area contributed by atoms with Crippen LogP contribution in [0.25, 0.3) is 16.9 Å². The van der Waals surface area contributed by atoms with Gasteiger partial charge in [-0.2, -0.15) is 0 Å². The van der Waals surface area contributed by atoms with Crippen LogP contribution in [-0.4, -0.2) is 22.5 Å². The maximum Gasteiger partial charge on any atom is 0.338 e. The van der Waals surface area contributed by atoms with Crippen LogP contribution in [0.2, 0.25) is 0 Å². The number of pyridine rings is 1. The van der Waals surface area contributed by atoms with E-state index in [0.29, 0.717) is 22.5 Å². The molecule has 0 aliphatic carbocycles. The molecule has 0 aliphatic rings. The Morgan fingerprint density at radius 1 is 1.33 bits per heavy atom. The summed E-state index contributed by atoms with van der Waals surface area (Å²) in [6, 6.07) is 7.69. The van der Waals surface area contributed by atoms with Crippen molar-refractivity contribution in [2.45, 2.75) is 0 Å². The summed E-state index contributed by atoms with van der Waals surface area (Å²) < 4.78 is 20.6. The number of rotatable bonds is 2. The smallest absolute Gasteiger partial charge is 0.338 e. The molecule has 0 bridgehead atoms. The first-order valence-electron chi connectivity index (χ1n) is 6.11. The van der Waals surface area contributed by atoms with Gasteiger partial charge in [0.1, 0.15) is 11.5 Å². The van der Waals surface area contributed by atoms with Crippen molar-refractivity contribution < 1.29 is 13.9 Å². The number of nitrogens with zero attached hydrogens (tertiary/aromatic N) is 2. The summed E-state index contributed by atoms with van der Waals surface area (Å²) in [4.78, 5) is 15.9. The number of halogens is 2. The van der Waals surface area contributed by atoms with Crippen molar-refractivity contribution >= 4 is 27.5 Å². The number of esters is 1. The lowest BCUT2D eigenvalue weighted by molar-refractivity contribution is 0.0600. The number of methoxy groups -OCH3 is 1. The molecule has 4 nitrogen and oxygen atoms in total. The molecule has 2 heterocycles. The molecule has 0 N–H and O–H groups in total. The third-order valence-corrected chi connectivity index (χ3v) is 3.78. The molecule has 3 rings (SSSR count). The summed E-state index contributed by atoms with van der Waals surface area (Å²) in [5.74, 6) is -0.755. The summed E-state index contributed by atoms with van der Waals surface area (Å²) >= 11 is 3.38. The summed E-state index contributed by atoms with van der Waals surface area (Å²) in [6.07, 6.45) is 3.49. The fourth-order valence-corrected chi connectivity index (χ4v) is 2.50. The van der Waals surface area contributed by atoms with Crippen LogP contribution in [0, 0.1) is 5.82 Å². The molecule has 0 atom stereocenters. The van der Waals surface area contributed by atoms with Crippen LogP contribution in [0.3, 0.4) is 0 Å². The minimum atomic E-state index is -0.422. The predicted molar refractivity (Wildman–Crippen MR) is 79.6 cm³/mol. The predicted octanol–water partition coefficient (Wildman–Crippen LogP) is 3.69. The van der Waals surface area contributed by atoms with Gasteiger partial charge in [0.15, 0.2) is 0 Å². The number of ether oxygens (including phenoxy) is 1. The minimum Gasteiger partial charge on any atom is -0.465 e. The Hall–Kier alpha value is -2.21. The third-order valence-electron chi connectivity index (χ3n) is 3.09. The Kier molecular flexibility index (Phi) is 3.47. The SMILES string of the molecule is COC(=O)c1ccn2cc(-c3cc(F)ccc3Br)nc2c1. The van der Waals surface area contributed by atoms with E-state index in [-0.39, 0.29) is 5.82 Å². The molecule has 0 unspecified atom stereocenters. The van der Waals surface area contributed by atoms with Crippen molar-refractivity contribution in [3.8, 4) is 11.3 Å². The number of carbonyl (C=O) groups excluding carboxylic acids is 1. The van der Waals surface area contributed by atoms with E-state index in [1.165, 1.54) is 19.2 Å². The first kappa shape index (κ1) is 13.8. The second kappa shape index (κ2) is 5.29. The van der Waals surface area contributed by atoms with Gasteiger partial charge in [0.25, 0.3) is 0 Å². The number of imidazole rings is 1. The number of benzene rings is 1. The second-order valence-corrected chi connectivity index (χ2v) is 5.28. The highest BCUT2D eigenvalue weighted by Gasteiger charge is 2.11. The van der Waals surface area contributed by atoms with Crippen LogP contribution >= 0.6 is 15.9 Å². The standard InChI is InChI=1S/C15H10BrFN2O2/c1-21-15(20)9-4-5-19-8-13(18-14(19)6-9)11-7-10(17)2-3-12(11)16/h2-8H,1H3. The van der Waals surface area contributed by atoms with E-state index in [4.69, 9.17) is 0 Å². The zero-order valence-corrected chi connectivity index (χ0v) is 12.6. The maximum atomic E-state index is 13.4. The van der Waals surface area contributed by atoms with E-state index in [9.17, 15) is 9.18 Å². The van der Waals surface area contributed by atoms with Gasteiger partial charge in [-0.25, -0.2) is 14.2 Å². The van der Waals surface area contributed by atoms with Crippen molar-refractivity contribution in [1.82, 2.24) is 9.38 Å². The summed E-state index contributed by atoms with van der Waals surface area (Å²) in [6.45, 7) is 0. The summed E-state index contributed by atoms with van der Waals surface area (Å²) in [7, 11) is 1.33. The largest absolute Gasteiger partial charge is 0.465 e. The molecule has 2 aromatic heterocycles. The zero-order valence-electron chi connectivity index (χ0n) is 11.0. The highest BCUT2D eigenvalue weighted by atomic mass is 79.9. The second-order valence-electron chi connectivity index (χ2n) is 4.42. The van der Waals surface area contributed by atoms with Crippen molar-refractivity contribution in [3.05, 3.63) is 58.6 Å². The van der Waals surface area contributed by atoms with E-state index in [1.54, 1.807) is 35.0 Å². The molecule has 0 amide bonds. The first-order valence-corrected chi connectivity index (χ1v) is 6.90. The van der Waals surface area contributed by atoms with Crippen LogP contribution in [0.15, 0.2) is 47.2 Å². The van der Waals surface area contributed by atoms with E-state index in [0.717, 1.165) is 4.47 Å². The van der Waals surface area contributed by atoms with Gasteiger partial charge in [-0.15, -0.1) is 0 Å². The van der Waals surface area contributed by atoms with Gasteiger partial charge >= 0.3 is 5.97 Å². The first-order chi connectivity index (χ1) is 10.1. The fourth-order valence-electron chi connectivity index (χ4n) is 2.05. The van der Waals surface area contributed by atoms with E-state index in [1.807, 2.05) is 0 Å². The Balaban J connectivity index is 2.13. The number of hydrogen-bond donors (Lipinski definition) is 0. The lowest BCUT2D eigenvalue weighted by Gasteiger charge is -1.99. The topological polar surface area (TPSA) is 43.6 Å². The molecule has 106 valence electrons. The summed E-state index contributed by atoms with van der Waals surface area (Å²) in [5.41, 5.74) is 2.27. The monoisotopic (exact) mass is 348 g/mol. The molecule has 21 heavy (non-hydrogen) atoms. The van der Waals surface area contributed by atoms with Crippen molar-refractivity contribution in [2.24, 2.45) is 0 Å². The van der Waals surface area contributed by atoms with Crippen molar-refractivity contribution in [2.75, 3.05) is 7.11 Å². The molecule has 0 spiro atoms. The van der Waals surface area contributed by atoms with E-state index < -0.39 is 5.97 Å². The van der Waals surface area contributed by atoms with Gasteiger partial charge < -0.3 is 9.14 Å². The average molecular weight is 349 g/mol. The van der Waals surface area contributed by atoms with Gasteiger partial charge in [0.2, 0.25) is 0 Å². The van der Waals surface area contributed by atoms with Gasteiger partial charge in [-0.1, -0.05) is 15.9 Å². The van der Waals surface area contributed by atoms with Gasteiger partial charge in [-0.3, -0.25) is 0 Å². The number of carbonyl (C=O) groups is 1. The Bertz CT molecular complexity index is 845. The van der Waals surface area contributed by atoms with Crippen molar-refractivity contribution in [1.29, 1.82) is 0 Å². The highest BCUT2D eigenvalue weighted by Crippen LogP contribution is 2.28. The average Bonchev–Trinajstić information content (AvgIpc) is 2.91. The van der Waals surface area contributed by atoms with E-state index in [2.05, 4.69) is 25.7 Å². The zero-order chi connectivity index (χ0) is 15.0. The molecule has 0 fully saturated rings. The normalized spacial score (nSPS) is 10.8. The molecule has 3 aromatic rings. The van der Waals surface area contributed by atoms with Gasteiger partial charge in [0, 0.05) is 22.4 Å². The van der Waals surface area contributed by atoms with E-state index >= 15 is 0 Å². The number of aromatic nitrogens is 2.